The Balaban J connectivity index is 1.62. The molecule has 0 aliphatic carbocycles. The van der Waals surface area contributed by atoms with Gasteiger partial charge in [0.15, 0.2) is 0 Å². The van der Waals surface area contributed by atoms with E-state index in [9.17, 15) is 0 Å². The average Bonchev–Trinajstić information content (AvgIpc) is 3.16. The highest BCUT2D eigenvalue weighted by atomic mass is 35.5. The molecule has 0 saturated carbocycles. The van der Waals surface area contributed by atoms with Gasteiger partial charge in [0.2, 0.25) is 0 Å². The summed E-state index contributed by atoms with van der Waals surface area (Å²) in [4.78, 5) is 5.38. The Morgan fingerprint density at radius 1 is 0.885 bits per heavy atom. The number of nitrogens with zero attached hydrogens (tertiary/aromatic N) is 2. The average molecular weight is 365 g/mol. The standard InChI is InChI=1S/C23H25ClN2/c1-16-22-11-6-12-25(22)13-14-26(16)15-21-17-7-2-4-9-19(17)23(24)20-10-5-3-8-18(20)21/h2-5,7-10,16,22H,6,11-15H2,1H3/t16-,22+/m1/s1. The van der Waals surface area contributed by atoms with Gasteiger partial charge in [0.25, 0.3) is 0 Å². The molecule has 134 valence electrons. The molecule has 2 aliphatic rings. The lowest BCUT2D eigenvalue weighted by Gasteiger charge is -2.43. The van der Waals surface area contributed by atoms with Crippen molar-refractivity contribution in [3.63, 3.8) is 0 Å². The fourth-order valence-corrected chi connectivity index (χ4v) is 5.47. The van der Waals surface area contributed by atoms with E-state index in [2.05, 4.69) is 65.3 Å². The van der Waals surface area contributed by atoms with Crippen LogP contribution in [0.3, 0.4) is 0 Å². The van der Waals surface area contributed by atoms with Crippen molar-refractivity contribution in [3.8, 4) is 0 Å². The van der Waals surface area contributed by atoms with Crippen molar-refractivity contribution in [2.75, 3.05) is 19.6 Å². The van der Waals surface area contributed by atoms with Gasteiger partial charge in [-0.15, -0.1) is 0 Å². The van der Waals surface area contributed by atoms with Crippen LogP contribution in [0.15, 0.2) is 48.5 Å². The number of piperazine rings is 1. The molecule has 3 heteroatoms. The molecule has 0 amide bonds. The normalized spacial score (nSPS) is 24.4. The first-order valence-corrected chi connectivity index (χ1v) is 10.2. The van der Waals surface area contributed by atoms with Crippen LogP contribution in [-0.2, 0) is 6.54 Å². The summed E-state index contributed by atoms with van der Waals surface area (Å²) in [5, 5.41) is 5.84. The van der Waals surface area contributed by atoms with Crippen LogP contribution >= 0.6 is 11.6 Å². The molecule has 26 heavy (non-hydrogen) atoms. The first-order valence-electron chi connectivity index (χ1n) is 9.80. The van der Waals surface area contributed by atoms with Gasteiger partial charge in [0.05, 0.1) is 5.02 Å². The van der Waals surface area contributed by atoms with Crippen LogP contribution in [0.2, 0.25) is 5.02 Å². The Hall–Kier alpha value is -1.61. The fourth-order valence-electron chi connectivity index (χ4n) is 5.14. The summed E-state index contributed by atoms with van der Waals surface area (Å²) >= 11 is 6.77. The van der Waals surface area contributed by atoms with Crippen LogP contribution in [-0.4, -0.2) is 41.5 Å². The Kier molecular flexibility index (Phi) is 4.16. The van der Waals surface area contributed by atoms with Gasteiger partial charge in [0, 0.05) is 42.5 Å². The van der Waals surface area contributed by atoms with E-state index in [4.69, 9.17) is 11.6 Å². The number of rotatable bonds is 2. The summed E-state index contributed by atoms with van der Waals surface area (Å²) in [5.74, 6) is 0. The van der Waals surface area contributed by atoms with Crippen LogP contribution < -0.4 is 0 Å². The maximum atomic E-state index is 6.77. The zero-order valence-corrected chi connectivity index (χ0v) is 16.0. The molecule has 5 rings (SSSR count). The first-order chi connectivity index (χ1) is 12.7. The minimum Gasteiger partial charge on any atom is -0.298 e. The molecule has 0 radical (unpaired) electrons. The van der Waals surface area contributed by atoms with Crippen molar-refractivity contribution < 1.29 is 0 Å². The van der Waals surface area contributed by atoms with Crippen molar-refractivity contribution in [2.45, 2.75) is 38.4 Å². The molecule has 2 heterocycles. The predicted octanol–water partition coefficient (Wildman–Crippen LogP) is 5.31. The lowest BCUT2D eigenvalue weighted by molar-refractivity contribution is 0.0476. The van der Waals surface area contributed by atoms with E-state index in [1.54, 1.807) is 0 Å². The maximum absolute atomic E-state index is 6.77. The van der Waals surface area contributed by atoms with Gasteiger partial charge >= 0.3 is 0 Å². The third kappa shape index (κ3) is 2.55. The van der Waals surface area contributed by atoms with E-state index in [0.717, 1.165) is 24.2 Å². The van der Waals surface area contributed by atoms with Crippen molar-refractivity contribution in [1.82, 2.24) is 9.80 Å². The summed E-state index contributed by atoms with van der Waals surface area (Å²) in [7, 11) is 0. The zero-order valence-electron chi connectivity index (χ0n) is 15.3. The molecular weight excluding hydrogens is 340 g/mol. The predicted molar refractivity (Wildman–Crippen MR) is 111 cm³/mol. The molecule has 3 aromatic carbocycles. The molecule has 2 fully saturated rings. The monoisotopic (exact) mass is 364 g/mol. The SMILES string of the molecule is C[C@@H]1[C@@H]2CCCN2CCN1Cc1c2ccccc2c(Cl)c2ccccc12. The maximum Gasteiger partial charge on any atom is 0.0562 e. The summed E-state index contributed by atoms with van der Waals surface area (Å²) < 4.78 is 0. The molecule has 0 bridgehead atoms. The van der Waals surface area contributed by atoms with E-state index < -0.39 is 0 Å². The summed E-state index contributed by atoms with van der Waals surface area (Å²) in [6, 6.07) is 18.6. The summed E-state index contributed by atoms with van der Waals surface area (Å²) in [5.41, 5.74) is 1.43. The number of fused-ring (bicyclic) bond motifs is 3. The van der Waals surface area contributed by atoms with Crippen LogP contribution in [0.4, 0.5) is 0 Å². The molecule has 0 N–H and O–H groups in total. The number of hydrogen-bond acceptors (Lipinski definition) is 2. The van der Waals surface area contributed by atoms with Crippen LogP contribution in [0, 0.1) is 0 Å². The summed E-state index contributed by atoms with van der Waals surface area (Å²) in [6.45, 7) is 7.07. The molecule has 0 unspecified atom stereocenters. The van der Waals surface area contributed by atoms with Crippen molar-refractivity contribution in [1.29, 1.82) is 0 Å². The van der Waals surface area contributed by atoms with Crippen molar-refractivity contribution >= 4 is 33.1 Å². The minimum absolute atomic E-state index is 0.611. The van der Waals surface area contributed by atoms with Gasteiger partial charge in [-0.25, -0.2) is 0 Å². The van der Waals surface area contributed by atoms with Gasteiger partial charge in [0.1, 0.15) is 0 Å². The Labute approximate surface area is 160 Å². The number of benzene rings is 3. The third-order valence-corrected chi connectivity index (χ3v) is 6.97. The zero-order chi connectivity index (χ0) is 17.7. The van der Waals surface area contributed by atoms with E-state index in [1.807, 2.05) is 0 Å². The smallest absolute Gasteiger partial charge is 0.0562 e. The molecule has 2 aliphatic heterocycles. The largest absolute Gasteiger partial charge is 0.298 e. The van der Waals surface area contributed by atoms with Crippen LogP contribution in [0.1, 0.15) is 25.3 Å². The van der Waals surface area contributed by atoms with E-state index >= 15 is 0 Å². The van der Waals surface area contributed by atoms with Gasteiger partial charge < -0.3 is 0 Å². The molecule has 0 aromatic heterocycles. The van der Waals surface area contributed by atoms with Gasteiger partial charge in [-0.05, 0) is 42.6 Å². The molecule has 0 spiro atoms. The Bertz CT molecular complexity index is 910. The number of halogens is 1. The second-order valence-corrected chi connectivity index (χ2v) is 8.22. The number of hydrogen-bond donors (Lipinski definition) is 0. The van der Waals surface area contributed by atoms with Gasteiger partial charge in [-0.2, -0.15) is 0 Å². The van der Waals surface area contributed by atoms with Gasteiger partial charge in [-0.1, -0.05) is 60.1 Å². The van der Waals surface area contributed by atoms with E-state index in [0.29, 0.717) is 6.04 Å². The lowest BCUT2D eigenvalue weighted by atomic mass is 9.94. The first kappa shape index (κ1) is 16.6. The third-order valence-electron chi connectivity index (χ3n) is 6.56. The van der Waals surface area contributed by atoms with E-state index in [-0.39, 0.29) is 0 Å². The quantitative estimate of drug-likeness (QED) is 0.568. The van der Waals surface area contributed by atoms with E-state index in [1.165, 1.54) is 53.0 Å². The molecule has 3 aromatic rings. The Morgan fingerprint density at radius 3 is 2.15 bits per heavy atom. The molecular formula is C23H25ClN2. The highest BCUT2D eigenvalue weighted by Gasteiger charge is 2.36. The second-order valence-electron chi connectivity index (χ2n) is 7.84. The highest BCUT2D eigenvalue weighted by Crippen LogP contribution is 2.37. The Morgan fingerprint density at radius 2 is 1.50 bits per heavy atom. The fraction of sp³-hybridized carbons (Fsp3) is 0.391. The van der Waals surface area contributed by atoms with Crippen molar-refractivity contribution in [2.24, 2.45) is 0 Å². The lowest BCUT2D eigenvalue weighted by Crippen LogP contribution is -2.55. The van der Waals surface area contributed by atoms with Crippen molar-refractivity contribution in [3.05, 3.63) is 59.1 Å². The molecule has 2 nitrogen and oxygen atoms in total. The van der Waals surface area contributed by atoms with Crippen LogP contribution in [0.25, 0.3) is 21.5 Å². The topological polar surface area (TPSA) is 6.48 Å². The van der Waals surface area contributed by atoms with Gasteiger partial charge in [-0.3, -0.25) is 9.80 Å². The van der Waals surface area contributed by atoms with Crippen LogP contribution in [0.5, 0.6) is 0 Å². The summed E-state index contributed by atoms with van der Waals surface area (Å²) in [6.07, 6.45) is 2.70. The second kappa shape index (κ2) is 6.53. The minimum atomic E-state index is 0.611. The molecule has 2 saturated heterocycles. The molecule has 2 atom stereocenters. The highest BCUT2D eigenvalue weighted by molar-refractivity contribution is 6.41.